The van der Waals surface area contributed by atoms with Gasteiger partial charge in [-0.25, -0.2) is 0 Å². The van der Waals surface area contributed by atoms with Crippen molar-refractivity contribution in [3.63, 3.8) is 0 Å². The van der Waals surface area contributed by atoms with E-state index < -0.39 is 5.97 Å². The van der Waals surface area contributed by atoms with E-state index in [1.54, 1.807) is 0 Å². The van der Waals surface area contributed by atoms with Gasteiger partial charge in [0.15, 0.2) is 6.61 Å². The average Bonchev–Trinajstić information content (AvgIpc) is 2.63. The summed E-state index contributed by atoms with van der Waals surface area (Å²) in [5.41, 5.74) is 4.49. The molecule has 1 amide bonds. The van der Waals surface area contributed by atoms with Crippen molar-refractivity contribution in [3.8, 4) is 0 Å². The van der Waals surface area contributed by atoms with Gasteiger partial charge in [0, 0.05) is 12.1 Å². The molecule has 0 saturated carbocycles. The second-order valence-corrected chi connectivity index (χ2v) is 6.60. The number of amides is 1. The van der Waals surface area contributed by atoms with Crippen LogP contribution >= 0.6 is 0 Å². The highest BCUT2D eigenvalue weighted by molar-refractivity contribution is 5.99. The summed E-state index contributed by atoms with van der Waals surface area (Å²) in [5.74, 6) is -0.891. The fraction of sp³-hybridized carbons (Fsp3) is 0.318. The number of carbonyl (C=O) groups is 3. The Morgan fingerprint density at radius 3 is 2.30 bits per heavy atom. The number of ether oxygens (including phenoxy) is 1. The molecular weight excluding hydrogens is 342 g/mol. The SMILES string of the molecule is Cc1cc(C)c(C(=O)COC(=O)CCNC(=O)Cc2ccccc2)cc1C. The van der Waals surface area contributed by atoms with Crippen molar-refractivity contribution in [2.45, 2.75) is 33.6 Å². The predicted octanol–water partition coefficient (Wildman–Crippen LogP) is 3.09. The molecule has 0 heterocycles. The molecule has 27 heavy (non-hydrogen) atoms. The molecule has 0 spiro atoms. The molecule has 5 nitrogen and oxygen atoms in total. The van der Waals surface area contributed by atoms with Gasteiger partial charge in [-0.05, 0) is 49.1 Å². The Morgan fingerprint density at radius 1 is 0.926 bits per heavy atom. The predicted molar refractivity (Wildman–Crippen MR) is 104 cm³/mol. The highest BCUT2D eigenvalue weighted by Crippen LogP contribution is 2.16. The molecule has 2 aromatic rings. The zero-order chi connectivity index (χ0) is 19.8. The van der Waals surface area contributed by atoms with E-state index in [1.807, 2.05) is 63.2 Å². The zero-order valence-electron chi connectivity index (χ0n) is 16.0. The molecule has 0 aliphatic carbocycles. The van der Waals surface area contributed by atoms with Crippen LogP contribution < -0.4 is 5.32 Å². The highest BCUT2D eigenvalue weighted by Gasteiger charge is 2.13. The van der Waals surface area contributed by atoms with Crippen molar-refractivity contribution in [2.24, 2.45) is 0 Å². The number of ketones is 1. The van der Waals surface area contributed by atoms with Gasteiger partial charge in [0.2, 0.25) is 11.7 Å². The van der Waals surface area contributed by atoms with E-state index in [2.05, 4.69) is 5.32 Å². The molecule has 2 aromatic carbocycles. The van der Waals surface area contributed by atoms with Crippen LogP contribution in [0, 0.1) is 20.8 Å². The lowest BCUT2D eigenvalue weighted by Gasteiger charge is -2.10. The Labute approximate surface area is 159 Å². The third kappa shape index (κ3) is 6.37. The van der Waals surface area contributed by atoms with Crippen molar-refractivity contribution in [3.05, 3.63) is 70.3 Å². The van der Waals surface area contributed by atoms with Crippen LogP contribution in [-0.2, 0) is 20.7 Å². The van der Waals surface area contributed by atoms with Gasteiger partial charge in [-0.1, -0.05) is 36.4 Å². The molecule has 0 aromatic heterocycles. The van der Waals surface area contributed by atoms with Gasteiger partial charge < -0.3 is 10.1 Å². The highest BCUT2D eigenvalue weighted by atomic mass is 16.5. The minimum atomic E-state index is -0.509. The van der Waals surface area contributed by atoms with Gasteiger partial charge in [-0.2, -0.15) is 0 Å². The van der Waals surface area contributed by atoms with E-state index in [1.165, 1.54) is 0 Å². The van der Waals surface area contributed by atoms with Crippen LogP contribution in [-0.4, -0.2) is 30.8 Å². The first-order valence-corrected chi connectivity index (χ1v) is 8.94. The van der Waals surface area contributed by atoms with Crippen molar-refractivity contribution >= 4 is 17.7 Å². The van der Waals surface area contributed by atoms with Crippen LogP contribution in [0.15, 0.2) is 42.5 Å². The number of hydrogen-bond donors (Lipinski definition) is 1. The monoisotopic (exact) mass is 367 g/mol. The molecule has 0 atom stereocenters. The first-order valence-electron chi connectivity index (χ1n) is 8.94. The Hall–Kier alpha value is -2.95. The Morgan fingerprint density at radius 2 is 1.59 bits per heavy atom. The van der Waals surface area contributed by atoms with E-state index in [-0.39, 0.29) is 37.7 Å². The van der Waals surface area contributed by atoms with Crippen molar-refractivity contribution in [2.75, 3.05) is 13.2 Å². The van der Waals surface area contributed by atoms with E-state index in [9.17, 15) is 14.4 Å². The topological polar surface area (TPSA) is 72.5 Å². The number of Topliss-reactive ketones (excluding diaryl/α,β-unsaturated/α-hetero) is 1. The van der Waals surface area contributed by atoms with E-state index in [0.29, 0.717) is 5.56 Å². The fourth-order valence-corrected chi connectivity index (χ4v) is 2.70. The van der Waals surface area contributed by atoms with Crippen molar-refractivity contribution in [1.29, 1.82) is 0 Å². The third-order valence-electron chi connectivity index (χ3n) is 4.36. The summed E-state index contributed by atoms with van der Waals surface area (Å²) in [5, 5.41) is 2.68. The molecule has 0 radical (unpaired) electrons. The third-order valence-corrected chi connectivity index (χ3v) is 4.36. The maximum absolute atomic E-state index is 12.3. The first-order chi connectivity index (χ1) is 12.9. The van der Waals surface area contributed by atoms with Gasteiger partial charge in [0.05, 0.1) is 12.8 Å². The van der Waals surface area contributed by atoms with E-state index >= 15 is 0 Å². The van der Waals surface area contributed by atoms with E-state index in [4.69, 9.17) is 4.74 Å². The smallest absolute Gasteiger partial charge is 0.308 e. The van der Waals surface area contributed by atoms with E-state index in [0.717, 1.165) is 22.3 Å². The van der Waals surface area contributed by atoms with Gasteiger partial charge in [0.25, 0.3) is 0 Å². The number of benzene rings is 2. The summed E-state index contributed by atoms with van der Waals surface area (Å²) in [6.07, 6.45) is 0.292. The van der Waals surface area contributed by atoms with Crippen LogP contribution in [0.3, 0.4) is 0 Å². The van der Waals surface area contributed by atoms with Gasteiger partial charge >= 0.3 is 5.97 Å². The fourth-order valence-electron chi connectivity index (χ4n) is 2.70. The molecule has 0 aliphatic rings. The second kappa shape index (κ2) is 9.67. The van der Waals surface area contributed by atoms with Crippen molar-refractivity contribution < 1.29 is 19.1 Å². The molecule has 0 unspecified atom stereocenters. The molecule has 0 aliphatic heterocycles. The minimum absolute atomic E-state index is 0.0275. The zero-order valence-corrected chi connectivity index (χ0v) is 16.0. The van der Waals surface area contributed by atoms with Crippen LogP contribution in [0.2, 0.25) is 0 Å². The normalized spacial score (nSPS) is 10.3. The summed E-state index contributed by atoms with van der Waals surface area (Å²) in [4.78, 5) is 35.9. The minimum Gasteiger partial charge on any atom is -0.457 e. The lowest BCUT2D eigenvalue weighted by atomic mass is 9.98. The number of hydrogen-bond acceptors (Lipinski definition) is 4. The lowest BCUT2D eigenvalue weighted by Crippen LogP contribution is -2.28. The molecular formula is C22H25NO4. The van der Waals surface area contributed by atoms with Crippen LogP contribution in [0.1, 0.15) is 39.0 Å². The van der Waals surface area contributed by atoms with Crippen LogP contribution in [0.25, 0.3) is 0 Å². The molecule has 5 heteroatoms. The average molecular weight is 367 g/mol. The van der Waals surface area contributed by atoms with Gasteiger partial charge in [0.1, 0.15) is 0 Å². The largest absolute Gasteiger partial charge is 0.457 e. The standard InChI is InChI=1S/C22H25NO4/c1-15-11-17(3)19(12-16(15)2)20(24)14-27-22(26)9-10-23-21(25)13-18-7-5-4-6-8-18/h4-8,11-12H,9-10,13-14H2,1-3H3,(H,23,25). The summed E-state index contributed by atoms with van der Waals surface area (Å²) >= 11 is 0. The quantitative estimate of drug-likeness (QED) is 0.575. The van der Waals surface area contributed by atoms with Gasteiger partial charge in [-0.15, -0.1) is 0 Å². The maximum atomic E-state index is 12.3. The molecule has 0 saturated heterocycles. The summed E-state index contributed by atoms with van der Waals surface area (Å²) in [7, 11) is 0. The molecule has 142 valence electrons. The summed E-state index contributed by atoms with van der Waals surface area (Å²) in [6, 6.07) is 13.1. The van der Waals surface area contributed by atoms with Crippen LogP contribution in [0.5, 0.6) is 0 Å². The molecule has 0 bridgehead atoms. The first kappa shape index (κ1) is 20.4. The molecule has 0 fully saturated rings. The maximum Gasteiger partial charge on any atom is 0.308 e. The number of nitrogens with one attached hydrogen (secondary N) is 1. The van der Waals surface area contributed by atoms with Gasteiger partial charge in [-0.3, -0.25) is 14.4 Å². The Bertz CT molecular complexity index is 828. The Kier molecular flexibility index (Phi) is 7.29. The summed E-state index contributed by atoms with van der Waals surface area (Å²) < 4.78 is 5.04. The molecule has 2 rings (SSSR count). The second-order valence-electron chi connectivity index (χ2n) is 6.60. The van der Waals surface area contributed by atoms with Crippen molar-refractivity contribution in [1.82, 2.24) is 5.32 Å². The lowest BCUT2D eigenvalue weighted by molar-refractivity contribution is -0.142. The molecule has 1 N–H and O–H groups in total. The number of esters is 1. The summed E-state index contributed by atoms with van der Waals surface area (Å²) in [6.45, 7) is 5.68. The Balaban J connectivity index is 1.72. The number of carbonyl (C=O) groups excluding carboxylic acids is 3. The number of aryl methyl sites for hydroxylation is 3. The number of rotatable bonds is 8. The van der Waals surface area contributed by atoms with Crippen LogP contribution in [0.4, 0.5) is 0 Å².